The molecule has 3 rings (SSSR count). The molecule has 1 fully saturated rings. The lowest BCUT2D eigenvalue weighted by Gasteiger charge is -2.26. The number of hydrogen-bond donors (Lipinski definition) is 1. The average molecular weight is 360 g/mol. The Balaban J connectivity index is 1.59. The van der Waals surface area contributed by atoms with Gasteiger partial charge in [0, 0.05) is 24.3 Å². The largest absolute Gasteiger partial charge is 0.378 e. The number of carbonyl (C=O) groups is 2. The highest BCUT2D eigenvalue weighted by atomic mass is 19.2. The van der Waals surface area contributed by atoms with Gasteiger partial charge in [-0.1, -0.05) is 12.1 Å². The van der Waals surface area contributed by atoms with Crippen molar-refractivity contribution in [1.82, 2.24) is 4.90 Å². The van der Waals surface area contributed by atoms with Gasteiger partial charge in [-0.3, -0.25) is 9.59 Å². The molecule has 136 valence electrons. The molecule has 0 radical (unpaired) electrons. The van der Waals surface area contributed by atoms with Gasteiger partial charge in [0.1, 0.15) is 0 Å². The van der Waals surface area contributed by atoms with E-state index in [1.165, 1.54) is 6.07 Å². The summed E-state index contributed by atoms with van der Waals surface area (Å²) in [5, 5.41) is 2.61. The first-order chi connectivity index (χ1) is 12.5. The van der Waals surface area contributed by atoms with Gasteiger partial charge >= 0.3 is 0 Å². The van der Waals surface area contributed by atoms with Gasteiger partial charge in [-0.05, 0) is 35.9 Å². The number of morpholine rings is 1. The molecule has 1 aliphatic heterocycles. The lowest BCUT2D eigenvalue weighted by Crippen LogP contribution is -2.41. The first-order valence-electron chi connectivity index (χ1n) is 8.24. The molecular formula is C19H18F2N2O3. The third kappa shape index (κ3) is 4.43. The predicted octanol–water partition coefficient (Wildman–Crippen LogP) is 2.62. The molecule has 5 nitrogen and oxygen atoms in total. The Kier molecular flexibility index (Phi) is 5.58. The number of amides is 2. The molecule has 0 aromatic heterocycles. The Hall–Kier alpha value is -2.80. The summed E-state index contributed by atoms with van der Waals surface area (Å²) in [6.45, 7) is 2.31. The molecule has 2 aromatic rings. The predicted molar refractivity (Wildman–Crippen MR) is 91.9 cm³/mol. The highest BCUT2D eigenvalue weighted by Crippen LogP contribution is 2.14. The molecule has 1 N–H and O–H groups in total. The number of hydrogen-bond acceptors (Lipinski definition) is 3. The Morgan fingerprint density at radius 1 is 1.00 bits per heavy atom. The molecule has 0 aliphatic carbocycles. The van der Waals surface area contributed by atoms with Crippen LogP contribution in [0.3, 0.4) is 0 Å². The molecule has 2 amide bonds. The number of rotatable bonds is 4. The first-order valence-corrected chi connectivity index (χ1v) is 8.24. The van der Waals surface area contributed by atoms with Gasteiger partial charge in [0.2, 0.25) is 5.91 Å². The van der Waals surface area contributed by atoms with Gasteiger partial charge in [0.05, 0.1) is 19.6 Å². The van der Waals surface area contributed by atoms with Crippen LogP contribution in [0.2, 0.25) is 0 Å². The number of anilines is 1. The van der Waals surface area contributed by atoms with Crippen LogP contribution < -0.4 is 5.32 Å². The van der Waals surface area contributed by atoms with E-state index in [9.17, 15) is 18.4 Å². The highest BCUT2D eigenvalue weighted by molar-refractivity contribution is 6.04. The Bertz CT molecular complexity index is 803. The number of ether oxygens (including phenoxy) is 1. The van der Waals surface area contributed by atoms with E-state index in [0.29, 0.717) is 32.0 Å². The third-order valence-electron chi connectivity index (χ3n) is 4.11. The highest BCUT2D eigenvalue weighted by Gasteiger charge is 2.17. The second-order valence-electron chi connectivity index (χ2n) is 5.95. The molecule has 26 heavy (non-hydrogen) atoms. The summed E-state index contributed by atoms with van der Waals surface area (Å²) in [4.78, 5) is 26.0. The molecule has 0 atom stereocenters. The van der Waals surface area contributed by atoms with E-state index < -0.39 is 17.5 Å². The summed E-state index contributed by atoms with van der Waals surface area (Å²) in [6.07, 6.45) is 0.275. The second kappa shape index (κ2) is 8.05. The van der Waals surface area contributed by atoms with Crippen LogP contribution in [0.25, 0.3) is 0 Å². The van der Waals surface area contributed by atoms with Gasteiger partial charge in [-0.25, -0.2) is 8.78 Å². The third-order valence-corrected chi connectivity index (χ3v) is 4.11. The smallest absolute Gasteiger partial charge is 0.255 e. The van der Waals surface area contributed by atoms with Crippen LogP contribution >= 0.6 is 0 Å². The van der Waals surface area contributed by atoms with Crippen LogP contribution in [0.1, 0.15) is 15.9 Å². The molecule has 2 aromatic carbocycles. The Morgan fingerprint density at radius 2 is 1.69 bits per heavy atom. The van der Waals surface area contributed by atoms with Crippen molar-refractivity contribution in [2.75, 3.05) is 31.6 Å². The van der Waals surface area contributed by atoms with Gasteiger partial charge in [-0.2, -0.15) is 0 Å². The monoisotopic (exact) mass is 360 g/mol. The summed E-state index contributed by atoms with van der Waals surface area (Å²) >= 11 is 0. The van der Waals surface area contributed by atoms with E-state index in [0.717, 1.165) is 17.7 Å². The maximum absolute atomic E-state index is 13.2. The van der Waals surface area contributed by atoms with Crippen molar-refractivity contribution in [3.63, 3.8) is 0 Å². The van der Waals surface area contributed by atoms with Crippen LogP contribution in [0.15, 0.2) is 42.5 Å². The van der Waals surface area contributed by atoms with Crippen LogP contribution in [0.4, 0.5) is 14.5 Å². The van der Waals surface area contributed by atoms with E-state index in [-0.39, 0.29) is 17.9 Å². The Labute approximate surface area is 149 Å². The molecule has 0 saturated carbocycles. The fourth-order valence-corrected chi connectivity index (χ4v) is 2.65. The van der Waals surface area contributed by atoms with E-state index in [1.807, 2.05) is 0 Å². The number of benzene rings is 2. The number of carbonyl (C=O) groups excluding carboxylic acids is 2. The van der Waals surface area contributed by atoms with Crippen molar-refractivity contribution < 1.29 is 23.1 Å². The van der Waals surface area contributed by atoms with E-state index in [4.69, 9.17) is 4.74 Å². The van der Waals surface area contributed by atoms with Crippen molar-refractivity contribution >= 4 is 17.5 Å². The van der Waals surface area contributed by atoms with Crippen molar-refractivity contribution in [2.24, 2.45) is 0 Å². The van der Waals surface area contributed by atoms with Crippen LogP contribution in [-0.2, 0) is 16.0 Å². The minimum atomic E-state index is -1.07. The van der Waals surface area contributed by atoms with Crippen LogP contribution in [0, 0.1) is 11.6 Å². The molecule has 1 heterocycles. The molecule has 7 heteroatoms. The topological polar surface area (TPSA) is 58.6 Å². The SMILES string of the molecule is O=C(Nc1ccc(CC(=O)N2CCOCC2)cc1)c1ccc(F)c(F)c1. The van der Waals surface area contributed by atoms with Crippen LogP contribution in [-0.4, -0.2) is 43.0 Å². The standard InChI is InChI=1S/C19H18F2N2O3/c20-16-6-3-14(12-17(16)21)19(25)22-15-4-1-13(2-5-15)11-18(24)23-7-9-26-10-8-23/h1-6,12H,7-11H2,(H,22,25). The van der Waals surface area contributed by atoms with Crippen LogP contribution in [0.5, 0.6) is 0 Å². The minimum Gasteiger partial charge on any atom is -0.378 e. The normalized spacial score (nSPS) is 14.2. The van der Waals surface area contributed by atoms with Crippen molar-refractivity contribution in [2.45, 2.75) is 6.42 Å². The molecule has 1 aliphatic rings. The lowest BCUT2D eigenvalue weighted by molar-refractivity contribution is -0.134. The number of nitrogens with zero attached hydrogens (tertiary/aromatic N) is 1. The zero-order valence-electron chi connectivity index (χ0n) is 14.0. The minimum absolute atomic E-state index is 0.0236. The van der Waals surface area contributed by atoms with Crippen molar-refractivity contribution in [3.8, 4) is 0 Å². The van der Waals surface area contributed by atoms with Gasteiger partial charge < -0.3 is 15.0 Å². The number of halogens is 2. The Morgan fingerprint density at radius 3 is 2.35 bits per heavy atom. The quantitative estimate of drug-likeness (QED) is 0.912. The van der Waals surface area contributed by atoms with Gasteiger partial charge in [0.15, 0.2) is 11.6 Å². The summed E-state index contributed by atoms with van der Waals surface area (Å²) in [6, 6.07) is 9.80. The molecular weight excluding hydrogens is 342 g/mol. The maximum Gasteiger partial charge on any atom is 0.255 e. The lowest BCUT2D eigenvalue weighted by atomic mass is 10.1. The van der Waals surface area contributed by atoms with E-state index >= 15 is 0 Å². The van der Waals surface area contributed by atoms with E-state index in [2.05, 4.69) is 5.32 Å². The summed E-state index contributed by atoms with van der Waals surface area (Å²) in [5.41, 5.74) is 1.35. The second-order valence-corrected chi connectivity index (χ2v) is 5.95. The first kappa shape index (κ1) is 18.0. The van der Waals surface area contributed by atoms with Gasteiger partial charge in [-0.15, -0.1) is 0 Å². The van der Waals surface area contributed by atoms with Crippen molar-refractivity contribution in [3.05, 3.63) is 65.2 Å². The summed E-state index contributed by atoms with van der Waals surface area (Å²) < 4.78 is 31.4. The molecule has 0 unspecified atom stereocenters. The molecule has 0 spiro atoms. The van der Waals surface area contributed by atoms with Crippen molar-refractivity contribution in [1.29, 1.82) is 0 Å². The fourth-order valence-electron chi connectivity index (χ4n) is 2.65. The van der Waals surface area contributed by atoms with E-state index in [1.54, 1.807) is 29.2 Å². The number of nitrogens with one attached hydrogen (secondary N) is 1. The summed E-state index contributed by atoms with van der Waals surface area (Å²) in [5.74, 6) is -2.58. The van der Waals surface area contributed by atoms with Gasteiger partial charge in [0.25, 0.3) is 5.91 Å². The zero-order valence-corrected chi connectivity index (χ0v) is 14.0. The molecule has 1 saturated heterocycles. The zero-order chi connectivity index (χ0) is 18.5. The molecule has 0 bridgehead atoms. The maximum atomic E-state index is 13.2. The average Bonchev–Trinajstić information content (AvgIpc) is 2.66. The summed E-state index contributed by atoms with van der Waals surface area (Å²) in [7, 11) is 0. The fraction of sp³-hybridized carbons (Fsp3) is 0.263.